The van der Waals surface area contributed by atoms with Crippen LogP contribution >= 0.6 is 0 Å². The van der Waals surface area contributed by atoms with Gasteiger partial charge in [0.2, 0.25) is 0 Å². The first-order chi connectivity index (χ1) is 9.10. The first kappa shape index (κ1) is 13.5. The molecule has 2 aromatic heterocycles. The number of hydrogen-bond acceptors (Lipinski definition) is 5. The minimum absolute atomic E-state index is 0.596. The van der Waals surface area contributed by atoms with Gasteiger partial charge in [-0.2, -0.15) is 0 Å². The van der Waals surface area contributed by atoms with Gasteiger partial charge in [0.1, 0.15) is 17.5 Å². The molecule has 0 spiro atoms. The Labute approximate surface area is 113 Å². The zero-order chi connectivity index (χ0) is 13.8. The van der Waals surface area contributed by atoms with Crippen molar-refractivity contribution in [2.45, 2.75) is 19.9 Å². The van der Waals surface area contributed by atoms with Crippen LogP contribution in [0.15, 0.2) is 18.5 Å². The number of hydrogen-bond donors (Lipinski definition) is 1. The highest BCUT2D eigenvalue weighted by Gasteiger charge is 2.09. The van der Waals surface area contributed by atoms with Gasteiger partial charge in [-0.05, 0) is 13.5 Å². The van der Waals surface area contributed by atoms with Gasteiger partial charge in [0.05, 0.1) is 6.54 Å². The van der Waals surface area contributed by atoms with Crippen molar-refractivity contribution in [3.8, 4) is 0 Å². The molecule has 0 bridgehead atoms. The Morgan fingerprint density at radius 3 is 2.79 bits per heavy atom. The van der Waals surface area contributed by atoms with Crippen LogP contribution in [0, 0.1) is 6.92 Å². The Balaban J connectivity index is 2.18. The molecule has 0 aliphatic carbocycles. The Bertz CT molecular complexity index is 548. The molecule has 0 aromatic carbocycles. The monoisotopic (exact) mass is 260 g/mol. The van der Waals surface area contributed by atoms with Crippen molar-refractivity contribution in [2.24, 2.45) is 12.8 Å². The molecule has 102 valence electrons. The molecule has 0 saturated carbocycles. The van der Waals surface area contributed by atoms with Crippen LogP contribution < -0.4 is 10.6 Å². The van der Waals surface area contributed by atoms with E-state index in [9.17, 15) is 0 Å². The van der Waals surface area contributed by atoms with E-state index >= 15 is 0 Å². The minimum Gasteiger partial charge on any atom is -0.352 e. The Kier molecular flexibility index (Phi) is 4.11. The second kappa shape index (κ2) is 5.79. The molecule has 2 aromatic rings. The van der Waals surface area contributed by atoms with Crippen LogP contribution in [-0.2, 0) is 20.0 Å². The third-order valence-electron chi connectivity index (χ3n) is 2.97. The van der Waals surface area contributed by atoms with Crippen LogP contribution in [0.25, 0.3) is 0 Å². The van der Waals surface area contributed by atoms with Gasteiger partial charge in [0.25, 0.3) is 0 Å². The highest BCUT2D eigenvalue weighted by Crippen LogP contribution is 2.13. The molecule has 19 heavy (non-hydrogen) atoms. The van der Waals surface area contributed by atoms with Gasteiger partial charge in [-0.3, -0.25) is 0 Å². The average molecular weight is 260 g/mol. The normalized spacial score (nSPS) is 10.7. The summed E-state index contributed by atoms with van der Waals surface area (Å²) in [6.07, 6.45) is 4.51. The molecule has 6 nitrogen and oxygen atoms in total. The zero-order valence-corrected chi connectivity index (χ0v) is 11.7. The van der Waals surface area contributed by atoms with E-state index in [1.165, 1.54) is 0 Å². The van der Waals surface area contributed by atoms with Crippen molar-refractivity contribution in [1.29, 1.82) is 0 Å². The van der Waals surface area contributed by atoms with Crippen LogP contribution in [-0.4, -0.2) is 33.1 Å². The molecule has 2 heterocycles. The lowest BCUT2D eigenvalue weighted by atomic mass is 10.3. The second-order valence-electron chi connectivity index (χ2n) is 4.61. The fourth-order valence-electron chi connectivity index (χ4n) is 1.93. The molecule has 0 amide bonds. The molecule has 0 unspecified atom stereocenters. The van der Waals surface area contributed by atoms with E-state index in [-0.39, 0.29) is 0 Å². The third-order valence-corrected chi connectivity index (χ3v) is 2.97. The van der Waals surface area contributed by atoms with Crippen LogP contribution in [0.4, 0.5) is 5.82 Å². The highest BCUT2D eigenvalue weighted by atomic mass is 15.2. The van der Waals surface area contributed by atoms with Crippen molar-refractivity contribution in [3.05, 3.63) is 35.8 Å². The number of nitrogens with zero attached hydrogens (tertiary/aromatic N) is 5. The van der Waals surface area contributed by atoms with Crippen LogP contribution in [0.3, 0.4) is 0 Å². The fourth-order valence-corrected chi connectivity index (χ4v) is 1.93. The summed E-state index contributed by atoms with van der Waals surface area (Å²) in [5.74, 6) is 2.67. The first-order valence-electron chi connectivity index (χ1n) is 6.32. The van der Waals surface area contributed by atoms with Gasteiger partial charge in [0.15, 0.2) is 0 Å². The summed E-state index contributed by atoms with van der Waals surface area (Å²) in [4.78, 5) is 15.2. The predicted molar refractivity (Wildman–Crippen MR) is 74.8 cm³/mol. The molecule has 0 aliphatic rings. The largest absolute Gasteiger partial charge is 0.352 e. The molecule has 0 atom stereocenters. The lowest BCUT2D eigenvalue weighted by Crippen LogP contribution is -2.21. The highest BCUT2D eigenvalue weighted by molar-refractivity contribution is 5.39. The maximum absolute atomic E-state index is 5.58. The van der Waals surface area contributed by atoms with Crippen LogP contribution in [0.1, 0.15) is 17.3 Å². The molecule has 0 saturated heterocycles. The van der Waals surface area contributed by atoms with E-state index in [2.05, 4.69) is 19.9 Å². The SMILES string of the molecule is Cc1nc(CCN)cc(N(C)Cc2nccn2C)n1. The fraction of sp³-hybridized carbons (Fsp3) is 0.462. The molecule has 0 radical (unpaired) electrons. The maximum atomic E-state index is 5.58. The molecule has 6 heteroatoms. The lowest BCUT2D eigenvalue weighted by molar-refractivity contribution is 0.750. The Morgan fingerprint density at radius 2 is 2.16 bits per heavy atom. The van der Waals surface area contributed by atoms with Crippen molar-refractivity contribution in [3.63, 3.8) is 0 Å². The molecule has 2 N–H and O–H groups in total. The number of rotatable bonds is 5. The van der Waals surface area contributed by atoms with Gasteiger partial charge in [-0.25, -0.2) is 15.0 Å². The summed E-state index contributed by atoms with van der Waals surface area (Å²) in [5, 5.41) is 0. The van der Waals surface area contributed by atoms with E-state index in [4.69, 9.17) is 5.73 Å². The minimum atomic E-state index is 0.596. The van der Waals surface area contributed by atoms with Crippen molar-refractivity contribution in [1.82, 2.24) is 19.5 Å². The molecule has 0 aliphatic heterocycles. The molecule has 0 fully saturated rings. The zero-order valence-electron chi connectivity index (χ0n) is 11.7. The van der Waals surface area contributed by atoms with Gasteiger partial charge in [-0.15, -0.1) is 0 Å². The first-order valence-corrected chi connectivity index (χ1v) is 6.32. The second-order valence-corrected chi connectivity index (χ2v) is 4.61. The average Bonchev–Trinajstić information content (AvgIpc) is 2.75. The van der Waals surface area contributed by atoms with Crippen molar-refractivity contribution >= 4 is 5.82 Å². The summed E-state index contributed by atoms with van der Waals surface area (Å²) in [6, 6.07) is 1.99. The summed E-state index contributed by atoms with van der Waals surface area (Å²) in [6.45, 7) is 3.21. The van der Waals surface area contributed by atoms with E-state index in [0.29, 0.717) is 13.1 Å². The Morgan fingerprint density at radius 1 is 1.37 bits per heavy atom. The van der Waals surface area contributed by atoms with Crippen molar-refractivity contribution in [2.75, 3.05) is 18.5 Å². The molecular weight excluding hydrogens is 240 g/mol. The van der Waals surface area contributed by atoms with Crippen LogP contribution in [0.5, 0.6) is 0 Å². The van der Waals surface area contributed by atoms with E-state index in [0.717, 1.165) is 29.6 Å². The summed E-state index contributed by atoms with van der Waals surface area (Å²) >= 11 is 0. The number of imidazole rings is 1. The van der Waals surface area contributed by atoms with E-state index in [1.807, 2.05) is 37.8 Å². The quantitative estimate of drug-likeness (QED) is 0.855. The standard InChI is InChI=1S/C13H20N6/c1-10-16-11(4-5-14)8-12(17-10)19(3)9-13-15-6-7-18(13)2/h6-8H,4-5,9,14H2,1-3H3. The third kappa shape index (κ3) is 3.29. The van der Waals surface area contributed by atoms with Gasteiger partial charge in [-0.1, -0.05) is 0 Å². The van der Waals surface area contributed by atoms with Crippen molar-refractivity contribution < 1.29 is 0 Å². The molecule has 2 rings (SSSR count). The van der Waals surface area contributed by atoms with Gasteiger partial charge >= 0.3 is 0 Å². The smallest absolute Gasteiger partial charge is 0.132 e. The van der Waals surface area contributed by atoms with Gasteiger partial charge in [0, 0.05) is 44.7 Å². The Hall–Kier alpha value is -1.95. The number of aromatic nitrogens is 4. The van der Waals surface area contributed by atoms with Crippen LogP contribution in [0.2, 0.25) is 0 Å². The summed E-state index contributed by atoms with van der Waals surface area (Å²) in [5.41, 5.74) is 6.56. The predicted octanol–water partition coefficient (Wildman–Crippen LogP) is 0.656. The number of aryl methyl sites for hydroxylation is 2. The lowest BCUT2D eigenvalue weighted by Gasteiger charge is -2.18. The summed E-state index contributed by atoms with van der Waals surface area (Å²) < 4.78 is 2.01. The van der Waals surface area contributed by atoms with E-state index < -0.39 is 0 Å². The summed E-state index contributed by atoms with van der Waals surface area (Å²) in [7, 11) is 3.99. The molecular formula is C13H20N6. The topological polar surface area (TPSA) is 72.9 Å². The van der Waals surface area contributed by atoms with Gasteiger partial charge < -0.3 is 15.2 Å². The van der Waals surface area contributed by atoms with E-state index in [1.54, 1.807) is 6.20 Å². The number of anilines is 1. The number of nitrogens with two attached hydrogens (primary N) is 1. The maximum Gasteiger partial charge on any atom is 0.132 e.